The molecule has 2 aromatic carbocycles. The van der Waals surface area contributed by atoms with Crippen LogP contribution in [-0.2, 0) is 19.4 Å². The highest BCUT2D eigenvalue weighted by Crippen LogP contribution is 2.65. The Morgan fingerprint density at radius 1 is 1.21 bits per heavy atom. The van der Waals surface area contributed by atoms with Gasteiger partial charge in [0.1, 0.15) is 5.25 Å². The van der Waals surface area contributed by atoms with Crippen molar-refractivity contribution >= 4 is 15.8 Å². The van der Waals surface area contributed by atoms with Crippen molar-refractivity contribution in [2.45, 2.75) is 23.0 Å². The summed E-state index contributed by atoms with van der Waals surface area (Å²) < 4.78 is 42.3. The number of benzene rings is 2. The minimum atomic E-state index is -3.96. The van der Waals surface area contributed by atoms with Crippen molar-refractivity contribution in [3.8, 4) is 17.6 Å². The minimum Gasteiger partial charge on any atom is -0.465 e. The van der Waals surface area contributed by atoms with Gasteiger partial charge in [-0.1, -0.05) is 24.3 Å². The molecule has 1 aliphatic heterocycles. The number of carbonyl (C=O) groups excluding carboxylic acids is 1. The van der Waals surface area contributed by atoms with Crippen LogP contribution in [0.3, 0.4) is 0 Å². The van der Waals surface area contributed by atoms with Crippen molar-refractivity contribution in [3.63, 3.8) is 0 Å². The number of nitrogens with zero attached hydrogens (tertiary/aromatic N) is 1. The summed E-state index contributed by atoms with van der Waals surface area (Å²) in [6, 6.07) is 14.7. The predicted octanol–water partition coefficient (Wildman–Crippen LogP) is 2.43. The molecule has 8 heteroatoms. The predicted molar refractivity (Wildman–Crippen MR) is 97.4 cm³/mol. The first-order valence-electron chi connectivity index (χ1n) is 8.73. The number of carbonyl (C=O) groups is 1. The number of nitriles is 1. The summed E-state index contributed by atoms with van der Waals surface area (Å²) in [4.78, 5) is 12.8. The first-order chi connectivity index (χ1) is 13.5. The number of hydrogen-bond donors (Lipinski definition) is 0. The van der Waals surface area contributed by atoms with Gasteiger partial charge in [0, 0.05) is 5.92 Å². The number of esters is 1. The summed E-state index contributed by atoms with van der Waals surface area (Å²) in [7, 11) is -3.96. The molecular formula is C20H17NO6S. The monoisotopic (exact) mass is 399 g/mol. The van der Waals surface area contributed by atoms with Crippen LogP contribution in [0.2, 0.25) is 0 Å². The molecule has 0 bridgehead atoms. The minimum absolute atomic E-state index is 0.0498. The maximum absolute atomic E-state index is 13.3. The number of fused-ring (bicyclic) bond motifs is 1. The van der Waals surface area contributed by atoms with Gasteiger partial charge in [0.15, 0.2) is 26.8 Å². The van der Waals surface area contributed by atoms with Crippen LogP contribution in [0.15, 0.2) is 53.4 Å². The standard InChI is InChI=1S/C20H17NO6S/c1-2-25-19(22)20(11-21)17(13-8-9-15-16(10-13)27-12-26-15)18(20)28(23,24)14-6-4-3-5-7-14/h3-10,17-18H,2,12H2,1H3. The zero-order chi connectivity index (χ0) is 19.9. The van der Waals surface area contributed by atoms with E-state index in [1.165, 1.54) is 12.1 Å². The van der Waals surface area contributed by atoms with Gasteiger partial charge >= 0.3 is 5.97 Å². The molecule has 1 saturated carbocycles. The molecule has 1 aliphatic carbocycles. The van der Waals surface area contributed by atoms with E-state index in [4.69, 9.17) is 14.2 Å². The lowest BCUT2D eigenvalue weighted by atomic mass is 10.0. The van der Waals surface area contributed by atoms with Crippen LogP contribution in [0.1, 0.15) is 18.4 Å². The lowest BCUT2D eigenvalue weighted by Gasteiger charge is -2.09. The van der Waals surface area contributed by atoms with Crippen LogP contribution < -0.4 is 9.47 Å². The molecule has 0 N–H and O–H groups in total. The molecule has 0 spiro atoms. The molecule has 0 amide bonds. The number of rotatable bonds is 5. The van der Waals surface area contributed by atoms with E-state index in [-0.39, 0.29) is 18.3 Å². The Labute approximate surface area is 162 Å². The van der Waals surface area contributed by atoms with E-state index < -0.39 is 32.4 Å². The second kappa shape index (κ2) is 6.53. The van der Waals surface area contributed by atoms with Crippen molar-refractivity contribution in [1.29, 1.82) is 5.26 Å². The van der Waals surface area contributed by atoms with Crippen LogP contribution in [-0.4, -0.2) is 33.0 Å². The van der Waals surface area contributed by atoms with Crippen LogP contribution in [0.25, 0.3) is 0 Å². The summed E-state index contributed by atoms with van der Waals surface area (Å²) in [5.74, 6) is -0.706. The number of sulfone groups is 1. The molecule has 2 aromatic rings. The summed E-state index contributed by atoms with van der Waals surface area (Å²) >= 11 is 0. The van der Waals surface area contributed by atoms with Gasteiger partial charge < -0.3 is 14.2 Å². The van der Waals surface area contributed by atoms with E-state index in [1.54, 1.807) is 43.3 Å². The van der Waals surface area contributed by atoms with E-state index >= 15 is 0 Å². The van der Waals surface area contributed by atoms with Gasteiger partial charge in [-0.25, -0.2) is 8.42 Å². The Bertz CT molecular complexity index is 1080. The third-order valence-corrected chi connectivity index (χ3v) is 7.33. The molecule has 1 fully saturated rings. The average Bonchev–Trinajstić information content (AvgIpc) is 3.21. The first-order valence-corrected chi connectivity index (χ1v) is 10.3. The van der Waals surface area contributed by atoms with E-state index in [9.17, 15) is 18.5 Å². The van der Waals surface area contributed by atoms with Crippen LogP contribution in [0.4, 0.5) is 0 Å². The highest BCUT2D eigenvalue weighted by Gasteiger charge is 2.77. The second-order valence-corrected chi connectivity index (χ2v) is 8.64. The summed E-state index contributed by atoms with van der Waals surface area (Å²) in [6.07, 6.45) is 0. The van der Waals surface area contributed by atoms with Crippen molar-refractivity contribution < 1.29 is 27.4 Å². The lowest BCUT2D eigenvalue weighted by Crippen LogP contribution is -2.25. The zero-order valence-electron chi connectivity index (χ0n) is 15.0. The molecule has 2 aliphatic rings. The van der Waals surface area contributed by atoms with Gasteiger partial charge in [0.25, 0.3) is 0 Å². The van der Waals surface area contributed by atoms with E-state index in [0.29, 0.717) is 17.1 Å². The Morgan fingerprint density at radius 2 is 1.93 bits per heavy atom. The Kier molecular flexibility index (Phi) is 4.27. The van der Waals surface area contributed by atoms with Gasteiger partial charge in [0.2, 0.25) is 6.79 Å². The quantitative estimate of drug-likeness (QED) is 0.712. The lowest BCUT2D eigenvalue weighted by molar-refractivity contribution is -0.147. The average molecular weight is 399 g/mol. The van der Waals surface area contributed by atoms with Crippen molar-refractivity contribution in [2.24, 2.45) is 5.41 Å². The summed E-state index contributed by atoms with van der Waals surface area (Å²) in [6.45, 7) is 1.73. The highest BCUT2D eigenvalue weighted by atomic mass is 32.2. The van der Waals surface area contributed by atoms with Crippen molar-refractivity contribution in [2.75, 3.05) is 13.4 Å². The third kappa shape index (κ3) is 2.54. The molecule has 7 nitrogen and oxygen atoms in total. The van der Waals surface area contributed by atoms with Gasteiger partial charge in [-0.05, 0) is 36.8 Å². The van der Waals surface area contributed by atoms with Crippen LogP contribution in [0, 0.1) is 16.7 Å². The second-order valence-electron chi connectivity index (χ2n) is 6.57. The van der Waals surface area contributed by atoms with Crippen LogP contribution >= 0.6 is 0 Å². The number of hydrogen-bond acceptors (Lipinski definition) is 7. The van der Waals surface area contributed by atoms with Gasteiger partial charge in [-0.15, -0.1) is 0 Å². The Morgan fingerprint density at radius 3 is 2.61 bits per heavy atom. The zero-order valence-corrected chi connectivity index (χ0v) is 15.8. The van der Waals surface area contributed by atoms with Crippen molar-refractivity contribution in [3.05, 3.63) is 54.1 Å². The Hall–Kier alpha value is -3.05. The molecule has 144 valence electrons. The fourth-order valence-electron chi connectivity index (χ4n) is 3.75. The van der Waals surface area contributed by atoms with Gasteiger partial charge in [0.05, 0.1) is 17.6 Å². The normalized spacial score (nSPS) is 25.0. The fraction of sp³-hybridized carbons (Fsp3) is 0.300. The van der Waals surface area contributed by atoms with Crippen LogP contribution in [0.5, 0.6) is 11.5 Å². The molecule has 3 unspecified atom stereocenters. The maximum Gasteiger partial charge on any atom is 0.328 e. The highest BCUT2D eigenvalue weighted by molar-refractivity contribution is 7.92. The summed E-state index contributed by atoms with van der Waals surface area (Å²) in [5, 5.41) is 8.64. The van der Waals surface area contributed by atoms with Gasteiger partial charge in [-0.3, -0.25) is 4.79 Å². The molecule has 0 saturated heterocycles. The topological polar surface area (TPSA) is 103 Å². The molecule has 3 atom stereocenters. The number of ether oxygens (including phenoxy) is 3. The SMILES string of the molecule is CCOC(=O)C1(C#N)C(c2ccc3c(c2)OCO3)C1S(=O)(=O)c1ccccc1. The molecular weight excluding hydrogens is 382 g/mol. The van der Waals surface area contributed by atoms with Gasteiger partial charge in [-0.2, -0.15) is 5.26 Å². The molecule has 4 rings (SSSR count). The van der Waals surface area contributed by atoms with E-state index in [0.717, 1.165) is 0 Å². The fourth-order valence-corrected chi connectivity index (χ4v) is 6.02. The third-order valence-electron chi connectivity index (χ3n) is 5.09. The molecule has 0 radical (unpaired) electrons. The largest absolute Gasteiger partial charge is 0.465 e. The molecule has 0 aromatic heterocycles. The summed E-state index contributed by atoms with van der Waals surface area (Å²) in [5.41, 5.74) is -1.29. The maximum atomic E-state index is 13.3. The smallest absolute Gasteiger partial charge is 0.328 e. The van der Waals surface area contributed by atoms with Crippen molar-refractivity contribution in [1.82, 2.24) is 0 Å². The Balaban J connectivity index is 1.83. The van der Waals surface area contributed by atoms with E-state index in [1.807, 2.05) is 6.07 Å². The van der Waals surface area contributed by atoms with E-state index in [2.05, 4.69) is 0 Å². The molecule has 1 heterocycles. The first kappa shape index (κ1) is 18.3. The molecule has 28 heavy (non-hydrogen) atoms.